The third-order valence-electron chi connectivity index (χ3n) is 5.98. The summed E-state index contributed by atoms with van der Waals surface area (Å²) in [6.45, 7) is 3.85. The minimum atomic E-state index is -0.693. The standard InChI is InChI=1S/C18H22FN3O3/c1-10(23)20-18-6-13(15(18)7-18)8-22-3-2-11-4-12(17(24)21-25)5-16(19)14(11)9-22/h4-5,13,15,25H,2-3,6-9H2,1H3,(H,20,23)(H,21,24). The van der Waals surface area contributed by atoms with Gasteiger partial charge in [0.05, 0.1) is 0 Å². The van der Waals surface area contributed by atoms with Crippen LogP contribution < -0.4 is 10.8 Å². The summed E-state index contributed by atoms with van der Waals surface area (Å²) in [7, 11) is 0. The molecule has 1 heterocycles. The number of fused-ring (bicyclic) bond motifs is 2. The molecule has 0 radical (unpaired) electrons. The molecule has 7 heteroatoms. The van der Waals surface area contributed by atoms with Crippen LogP contribution in [0.2, 0.25) is 0 Å². The predicted molar refractivity (Wildman–Crippen MR) is 87.4 cm³/mol. The summed E-state index contributed by atoms with van der Waals surface area (Å²) in [5, 5.41) is 11.8. The van der Waals surface area contributed by atoms with Gasteiger partial charge in [0.15, 0.2) is 0 Å². The van der Waals surface area contributed by atoms with Gasteiger partial charge in [-0.15, -0.1) is 0 Å². The van der Waals surface area contributed by atoms with Crippen molar-refractivity contribution in [3.8, 4) is 0 Å². The third-order valence-corrected chi connectivity index (χ3v) is 5.98. The highest BCUT2D eigenvalue weighted by Crippen LogP contribution is 2.63. The van der Waals surface area contributed by atoms with Crippen molar-refractivity contribution in [2.45, 2.75) is 38.3 Å². The number of hydrogen-bond acceptors (Lipinski definition) is 4. The van der Waals surface area contributed by atoms with E-state index in [1.165, 1.54) is 6.07 Å². The maximum atomic E-state index is 14.4. The van der Waals surface area contributed by atoms with Gasteiger partial charge in [-0.25, -0.2) is 9.87 Å². The number of carbonyl (C=O) groups excluding carboxylic acids is 2. The lowest BCUT2D eigenvalue weighted by molar-refractivity contribution is -0.120. The molecule has 0 saturated heterocycles. The van der Waals surface area contributed by atoms with Crippen molar-refractivity contribution in [3.63, 3.8) is 0 Å². The summed E-state index contributed by atoms with van der Waals surface area (Å²) in [4.78, 5) is 25.0. The zero-order chi connectivity index (χ0) is 17.8. The molecule has 3 N–H and O–H groups in total. The minimum absolute atomic E-state index is 0.0395. The van der Waals surface area contributed by atoms with Crippen molar-refractivity contribution in [2.24, 2.45) is 11.8 Å². The van der Waals surface area contributed by atoms with E-state index in [1.807, 2.05) is 0 Å². The number of benzene rings is 1. The molecule has 2 fully saturated rings. The highest BCUT2D eigenvalue weighted by atomic mass is 19.1. The molecule has 0 bridgehead atoms. The maximum Gasteiger partial charge on any atom is 0.274 e. The molecule has 0 spiro atoms. The SMILES string of the molecule is CC(=O)NC12CC(CN3CCc4cc(C(=O)NO)cc(F)c4C3)C1C2. The van der Waals surface area contributed by atoms with Crippen molar-refractivity contribution < 1.29 is 19.2 Å². The largest absolute Gasteiger partial charge is 0.351 e. The zero-order valence-electron chi connectivity index (χ0n) is 14.1. The number of hydroxylamine groups is 1. The number of nitrogens with zero attached hydrogens (tertiary/aromatic N) is 1. The number of nitrogens with one attached hydrogen (secondary N) is 2. The molecule has 25 heavy (non-hydrogen) atoms. The highest BCUT2D eigenvalue weighted by molar-refractivity contribution is 5.93. The monoisotopic (exact) mass is 347 g/mol. The second kappa shape index (κ2) is 5.78. The van der Waals surface area contributed by atoms with Crippen molar-refractivity contribution in [1.82, 2.24) is 15.7 Å². The molecule has 2 saturated carbocycles. The lowest BCUT2D eigenvalue weighted by Gasteiger charge is -2.39. The first-order chi connectivity index (χ1) is 11.9. The lowest BCUT2D eigenvalue weighted by Crippen LogP contribution is -2.50. The van der Waals surface area contributed by atoms with Crippen LogP contribution in [-0.4, -0.2) is 40.5 Å². The summed E-state index contributed by atoms with van der Waals surface area (Å²) in [6, 6.07) is 2.84. The zero-order valence-corrected chi connectivity index (χ0v) is 14.1. The number of hydrogen-bond donors (Lipinski definition) is 3. The first-order valence-corrected chi connectivity index (χ1v) is 8.69. The highest BCUT2D eigenvalue weighted by Gasteiger charge is 2.67. The Bertz CT molecular complexity index is 753. The predicted octanol–water partition coefficient (Wildman–Crippen LogP) is 1.22. The summed E-state index contributed by atoms with van der Waals surface area (Å²) in [6.07, 6.45) is 2.77. The Kier molecular flexibility index (Phi) is 3.81. The second-order valence-electron chi connectivity index (χ2n) is 7.63. The van der Waals surface area contributed by atoms with E-state index in [4.69, 9.17) is 5.21 Å². The van der Waals surface area contributed by atoms with E-state index in [2.05, 4.69) is 10.2 Å². The summed E-state index contributed by atoms with van der Waals surface area (Å²) < 4.78 is 14.4. The van der Waals surface area contributed by atoms with Gasteiger partial charge in [-0.2, -0.15) is 0 Å². The Labute approximate surface area is 145 Å². The Morgan fingerprint density at radius 1 is 1.40 bits per heavy atom. The average molecular weight is 347 g/mol. The van der Waals surface area contributed by atoms with Gasteiger partial charge < -0.3 is 5.32 Å². The van der Waals surface area contributed by atoms with Crippen LogP contribution >= 0.6 is 0 Å². The van der Waals surface area contributed by atoms with Crippen LogP contribution in [0.5, 0.6) is 0 Å². The van der Waals surface area contributed by atoms with E-state index in [1.54, 1.807) is 18.5 Å². The number of carbonyl (C=O) groups is 2. The molecule has 3 unspecified atom stereocenters. The van der Waals surface area contributed by atoms with Gasteiger partial charge in [-0.3, -0.25) is 19.7 Å². The fourth-order valence-corrected chi connectivity index (χ4v) is 4.73. The molecule has 3 atom stereocenters. The van der Waals surface area contributed by atoms with Gasteiger partial charge in [-0.05, 0) is 48.8 Å². The van der Waals surface area contributed by atoms with E-state index < -0.39 is 11.7 Å². The Balaban J connectivity index is 1.39. The smallest absolute Gasteiger partial charge is 0.274 e. The summed E-state index contributed by atoms with van der Waals surface area (Å²) in [5.74, 6) is 0.0851. The number of rotatable bonds is 4. The normalized spacial score (nSPS) is 29.9. The maximum absolute atomic E-state index is 14.4. The summed E-state index contributed by atoms with van der Waals surface area (Å²) >= 11 is 0. The minimum Gasteiger partial charge on any atom is -0.351 e. The fourth-order valence-electron chi connectivity index (χ4n) is 4.73. The van der Waals surface area contributed by atoms with Crippen molar-refractivity contribution in [3.05, 3.63) is 34.6 Å². The van der Waals surface area contributed by atoms with Crippen molar-refractivity contribution in [2.75, 3.05) is 13.1 Å². The molecule has 1 aliphatic heterocycles. The molecule has 1 aromatic rings. The van der Waals surface area contributed by atoms with Gasteiger partial charge in [0, 0.05) is 43.2 Å². The average Bonchev–Trinajstić information content (AvgIpc) is 3.15. The molecule has 134 valence electrons. The molecule has 2 aliphatic carbocycles. The van der Waals surface area contributed by atoms with Crippen LogP contribution in [0.3, 0.4) is 0 Å². The van der Waals surface area contributed by atoms with Gasteiger partial charge in [0.2, 0.25) is 5.91 Å². The van der Waals surface area contributed by atoms with Crippen molar-refractivity contribution >= 4 is 11.8 Å². The quantitative estimate of drug-likeness (QED) is 0.565. The molecule has 4 rings (SSSR count). The van der Waals surface area contributed by atoms with Crippen LogP contribution in [-0.2, 0) is 17.8 Å². The third kappa shape index (κ3) is 2.81. The van der Waals surface area contributed by atoms with Gasteiger partial charge in [-0.1, -0.05) is 0 Å². The van der Waals surface area contributed by atoms with Gasteiger partial charge >= 0.3 is 0 Å². The first kappa shape index (κ1) is 16.5. The molecule has 6 nitrogen and oxygen atoms in total. The van der Waals surface area contributed by atoms with E-state index in [-0.39, 0.29) is 17.0 Å². The molecule has 0 aromatic heterocycles. The second-order valence-corrected chi connectivity index (χ2v) is 7.63. The fraction of sp³-hybridized carbons (Fsp3) is 0.556. The topological polar surface area (TPSA) is 81.7 Å². The molecule has 1 aromatic carbocycles. The van der Waals surface area contributed by atoms with Gasteiger partial charge in [0.25, 0.3) is 5.91 Å². The number of halogens is 1. The van der Waals surface area contributed by atoms with E-state index >= 15 is 0 Å². The van der Waals surface area contributed by atoms with Crippen LogP contribution in [0.1, 0.15) is 41.3 Å². The van der Waals surface area contributed by atoms with Crippen LogP contribution in [0, 0.1) is 17.7 Å². The molecular weight excluding hydrogens is 325 g/mol. The summed E-state index contributed by atoms with van der Waals surface area (Å²) in [5.41, 5.74) is 3.22. The van der Waals surface area contributed by atoms with Crippen LogP contribution in [0.4, 0.5) is 4.39 Å². The van der Waals surface area contributed by atoms with Crippen molar-refractivity contribution in [1.29, 1.82) is 0 Å². The van der Waals surface area contributed by atoms with E-state index in [0.29, 0.717) is 30.4 Å². The van der Waals surface area contributed by atoms with E-state index in [9.17, 15) is 14.0 Å². The molecule has 3 aliphatic rings. The lowest BCUT2D eigenvalue weighted by atomic mass is 9.79. The first-order valence-electron chi connectivity index (χ1n) is 8.69. The Hall–Kier alpha value is -1.99. The molecular formula is C18H22FN3O3. The van der Waals surface area contributed by atoms with Crippen LogP contribution in [0.15, 0.2) is 12.1 Å². The molecule has 2 amide bonds. The Morgan fingerprint density at radius 2 is 2.20 bits per heavy atom. The Morgan fingerprint density at radius 3 is 2.88 bits per heavy atom. The number of amides is 2. The van der Waals surface area contributed by atoms with Gasteiger partial charge in [0.1, 0.15) is 5.82 Å². The van der Waals surface area contributed by atoms with E-state index in [0.717, 1.165) is 31.5 Å². The van der Waals surface area contributed by atoms with Crippen LogP contribution in [0.25, 0.3) is 0 Å².